The van der Waals surface area contributed by atoms with Gasteiger partial charge in [0, 0.05) is 12.8 Å². The molecule has 0 aliphatic carbocycles. The van der Waals surface area contributed by atoms with Crippen molar-refractivity contribution in [3.63, 3.8) is 0 Å². The van der Waals surface area contributed by atoms with Crippen molar-refractivity contribution in [1.82, 2.24) is 0 Å². The normalized spacial score (nSPS) is 18.3. The molecule has 1 heterocycles. The number of allylic oxidation sites excluding steroid dienone is 17. The van der Waals surface area contributed by atoms with Gasteiger partial charge < -0.3 is 39.0 Å². The molecule has 0 saturated carbocycles. The second-order valence-electron chi connectivity index (χ2n) is 22.0. The van der Waals surface area contributed by atoms with Gasteiger partial charge in [0.1, 0.15) is 18.8 Å². The molecule has 1 aliphatic heterocycles. The van der Waals surface area contributed by atoms with E-state index >= 15 is 0 Å². The molecule has 6 atom stereocenters. The van der Waals surface area contributed by atoms with E-state index in [4.69, 9.17) is 23.7 Å². The Kier molecular flexibility index (Phi) is 53.2. The fourth-order valence-corrected chi connectivity index (χ4v) is 9.44. The monoisotopic (exact) mass is 1160 g/mol. The largest absolute Gasteiger partial charge is 0.479 e. The Morgan fingerprint density at radius 1 is 0.422 bits per heavy atom. The van der Waals surface area contributed by atoms with Crippen LogP contribution in [0.15, 0.2) is 109 Å². The summed E-state index contributed by atoms with van der Waals surface area (Å²) < 4.78 is 28.4. The first-order valence-corrected chi connectivity index (χ1v) is 32.9. The van der Waals surface area contributed by atoms with Crippen molar-refractivity contribution in [2.75, 3.05) is 13.2 Å². The quantitative estimate of drug-likeness (QED) is 0.0228. The van der Waals surface area contributed by atoms with E-state index in [1.54, 1.807) is 6.08 Å². The van der Waals surface area contributed by atoms with E-state index in [1.807, 2.05) is 12.2 Å². The van der Waals surface area contributed by atoms with Gasteiger partial charge in [0.15, 0.2) is 24.6 Å². The van der Waals surface area contributed by atoms with Crippen molar-refractivity contribution < 1.29 is 58.2 Å². The lowest BCUT2D eigenvalue weighted by Crippen LogP contribution is -2.61. The third-order valence-electron chi connectivity index (χ3n) is 14.4. The zero-order valence-corrected chi connectivity index (χ0v) is 52.2. The number of hydrogen-bond acceptors (Lipinski definition) is 11. The first-order chi connectivity index (χ1) is 40.6. The summed E-state index contributed by atoms with van der Waals surface area (Å²) in [6, 6.07) is 0. The van der Waals surface area contributed by atoms with Gasteiger partial charge in [-0.2, -0.15) is 0 Å². The lowest BCUT2D eigenvalue weighted by atomic mass is 9.98. The van der Waals surface area contributed by atoms with Crippen molar-refractivity contribution in [3.05, 3.63) is 109 Å². The van der Waals surface area contributed by atoms with Gasteiger partial charge in [-0.15, -0.1) is 0 Å². The molecule has 0 bridgehead atoms. The van der Waals surface area contributed by atoms with E-state index < -0.39 is 67.3 Å². The van der Waals surface area contributed by atoms with Gasteiger partial charge in [0.2, 0.25) is 0 Å². The Bertz CT molecular complexity index is 1860. The molecule has 83 heavy (non-hydrogen) atoms. The van der Waals surface area contributed by atoms with Gasteiger partial charge in [-0.05, 0) is 83.5 Å². The van der Waals surface area contributed by atoms with Crippen LogP contribution in [0.5, 0.6) is 0 Å². The molecule has 6 unspecified atom stereocenters. The predicted octanol–water partition coefficient (Wildman–Crippen LogP) is 17.8. The molecule has 12 nitrogen and oxygen atoms in total. The summed E-state index contributed by atoms with van der Waals surface area (Å²) in [4.78, 5) is 51.3. The maximum atomic E-state index is 13.1. The van der Waals surface area contributed by atoms with Crippen LogP contribution in [-0.2, 0) is 42.9 Å². The summed E-state index contributed by atoms with van der Waals surface area (Å²) in [5.41, 5.74) is 0. The minimum Gasteiger partial charge on any atom is -0.479 e. The number of carbonyl (C=O) groups is 4. The van der Waals surface area contributed by atoms with E-state index in [-0.39, 0.29) is 25.9 Å². The van der Waals surface area contributed by atoms with Crippen molar-refractivity contribution in [3.8, 4) is 0 Å². The summed E-state index contributed by atoms with van der Waals surface area (Å²) in [5.74, 6) is -3.30. The highest BCUT2D eigenvalue weighted by atomic mass is 16.7. The number of ether oxygens (including phenoxy) is 5. The molecule has 0 amide bonds. The topological polar surface area (TPSA) is 175 Å². The molecule has 0 aromatic heterocycles. The Morgan fingerprint density at radius 2 is 0.795 bits per heavy atom. The smallest absolute Gasteiger partial charge is 0.335 e. The summed E-state index contributed by atoms with van der Waals surface area (Å²) in [6.07, 6.45) is 66.5. The number of carbonyl (C=O) groups excluding carboxylic acids is 3. The highest BCUT2D eigenvalue weighted by Crippen LogP contribution is 2.26. The number of carboxylic acid groups (broad SMARTS) is 1. The predicted molar refractivity (Wildman–Crippen MR) is 340 cm³/mol. The molecule has 0 radical (unpaired) electrons. The molecule has 1 fully saturated rings. The first kappa shape index (κ1) is 76.4. The fraction of sp³-hybridized carbons (Fsp3) is 0.690. The molecular formula is C71H116O12. The fourth-order valence-electron chi connectivity index (χ4n) is 9.44. The number of esters is 3. The highest BCUT2D eigenvalue weighted by molar-refractivity contribution is 5.74. The molecule has 1 rings (SSSR count). The summed E-state index contributed by atoms with van der Waals surface area (Å²) >= 11 is 0. The van der Waals surface area contributed by atoms with E-state index in [1.165, 1.54) is 89.9 Å². The van der Waals surface area contributed by atoms with Crippen LogP contribution >= 0.6 is 0 Å². The Morgan fingerprint density at radius 3 is 1.22 bits per heavy atom. The summed E-state index contributed by atoms with van der Waals surface area (Å²) in [5, 5.41) is 31.6. The number of rotatable bonds is 55. The average molecular weight is 1160 g/mol. The lowest BCUT2D eigenvalue weighted by Gasteiger charge is -2.40. The van der Waals surface area contributed by atoms with Gasteiger partial charge in [-0.1, -0.05) is 271 Å². The van der Waals surface area contributed by atoms with Gasteiger partial charge in [0.05, 0.1) is 13.0 Å². The minimum absolute atomic E-state index is 0.0475. The number of unbranched alkanes of at least 4 members (excludes halogenated alkanes) is 24. The van der Waals surface area contributed by atoms with Crippen LogP contribution in [0.1, 0.15) is 265 Å². The number of aliphatic carboxylic acids is 1. The van der Waals surface area contributed by atoms with Crippen molar-refractivity contribution in [2.45, 2.75) is 302 Å². The third-order valence-corrected chi connectivity index (χ3v) is 14.4. The van der Waals surface area contributed by atoms with Gasteiger partial charge in [0.25, 0.3) is 0 Å². The van der Waals surface area contributed by atoms with Crippen LogP contribution < -0.4 is 0 Å². The van der Waals surface area contributed by atoms with Crippen LogP contribution in [0.4, 0.5) is 0 Å². The summed E-state index contributed by atoms with van der Waals surface area (Å²) in [6.45, 7) is 5.70. The van der Waals surface area contributed by atoms with E-state index in [2.05, 4.69) is 112 Å². The SMILES string of the molecule is CC/C=C\C/C=C\C/C=C\C/C=C\C/C=C\CC(=O)OC(COC(=O)CCCCCCCC/C=C\C/C=C\C/C=C\C/C=C\CC)COC1OC(C(=O)O)C(O)C(O)C1OC(=O)CCCCCCCCCCCCCCCCCCCCC. The Balaban J connectivity index is 2.69. The molecule has 0 aromatic rings. The first-order valence-electron chi connectivity index (χ1n) is 32.9. The maximum Gasteiger partial charge on any atom is 0.335 e. The zero-order chi connectivity index (χ0) is 60.3. The molecule has 1 aliphatic rings. The van der Waals surface area contributed by atoms with E-state index in [0.717, 1.165) is 116 Å². The van der Waals surface area contributed by atoms with Crippen LogP contribution in [-0.4, -0.2) is 89.2 Å². The average Bonchev–Trinajstić information content (AvgIpc) is 3.60. The number of hydrogen-bond donors (Lipinski definition) is 3. The van der Waals surface area contributed by atoms with E-state index in [0.29, 0.717) is 19.3 Å². The van der Waals surface area contributed by atoms with Crippen molar-refractivity contribution in [1.29, 1.82) is 0 Å². The molecule has 3 N–H and O–H groups in total. The van der Waals surface area contributed by atoms with E-state index in [9.17, 15) is 34.5 Å². The lowest BCUT2D eigenvalue weighted by molar-refractivity contribution is -0.301. The second-order valence-corrected chi connectivity index (χ2v) is 22.0. The number of aliphatic hydroxyl groups is 2. The molecule has 0 aromatic carbocycles. The van der Waals surface area contributed by atoms with Gasteiger partial charge in [-0.25, -0.2) is 4.79 Å². The number of carboxylic acids is 1. The maximum absolute atomic E-state index is 13.1. The number of aliphatic hydroxyl groups excluding tert-OH is 2. The van der Waals surface area contributed by atoms with Crippen LogP contribution in [0.3, 0.4) is 0 Å². The van der Waals surface area contributed by atoms with Crippen LogP contribution in [0.2, 0.25) is 0 Å². The van der Waals surface area contributed by atoms with Crippen LogP contribution in [0, 0.1) is 0 Å². The molecule has 12 heteroatoms. The Labute approximate surface area is 504 Å². The van der Waals surface area contributed by atoms with Gasteiger partial charge in [-0.3, -0.25) is 14.4 Å². The van der Waals surface area contributed by atoms with Crippen LogP contribution in [0.25, 0.3) is 0 Å². The second kappa shape index (κ2) is 57.8. The Hall–Kier alpha value is -4.62. The van der Waals surface area contributed by atoms with Crippen molar-refractivity contribution in [2.24, 2.45) is 0 Å². The summed E-state index contributed by atoms with van der Waals surface area (Å²) in [7, 11) is 0. The van der Waals surface area contributed by atoms with Crippen molar-refractivity contribution >= 4 is 23.9 Å². The standard InChI is InChI=1S/C71H116O12/c1-4-7-10-13-16-19-22-25-28-30-32-34-37-39-42-45-48-51-54-57-63(72)79-60-62(81-64(73)58-55-52-49-46-43-40-36-27-24-21-18-15-12-9-6-3)61-80-71-69(67(76)66(75)68(83-71)70(77)78)82-65(74)59-56-53-50-47-44-41-38-35-33-31-29-26-23-20-17-14-11-8-5-2/h7,9-10,12,16,18-19,21,25,27-28,32,34,36,43,46,52,55,62,66-69,71,75-76H,4-6,8,11,13-15,17,20,22-24,26,29-31,33,35,37-42,44-45,47-51,53-54,56-61H2,1-3H3,(H,77,78)/b10-7-,12-9-,19-16-,21-18-,28-25-,34-32-,36-27-,46-43-,55-52-. The molecule has 472 valence electrons. The zero-order valence-electron chi connectivity index (χ0n) is 52.2. The molecular weight excluding hydrogens is 1040 g/mol. The molecule has 0 spiro atoms. The molecule has 1 saturated heterocycles. The highest BCUT2D eigenvalue weighted by Gasteiger charge is 2.50. The third kappa shape index (κ3) is 47.3. The van der Waals surface area contributed by atoms with Gasteiger partial charge >= 0.3 is 23.9 Å². The minimum atomic E-state index is -1.92.